The van der Waals surface area contributed by atoms with Gasteiger partial charge in [-0.2, -0.15) is 4.37 Å². The van der Waals surface area contributed by atoms with Crippen molar-refractivity contribution in [2.75, 3.05) is 4.90 Å². The maximum absolute atomic E-state index is 12.2. The van der Waals surface area contributed by atoms with Crippen LogP contribution in [0.2, 0.25) is 0 Å². The number of amides is 2. The van der Waals surface area contributed by atoms with Crippen molar-refractivity contribution in [1.82, 2.24) is 9.36 Å². The van der Waals surface area contributed by atoms with Gasteiger partial charge >= 0.3 is 0 Å². The zero-order valence-corrected chi connectivity index (χ0v) is 12.0. The van der Waals surface area contributed by atoms with Crippen molar-refractivity contribution in [3.63, 3.8) is 0 Å². The summed E-state index contributed by atoms with van der Waals surface area (Å²) >= 11 is 1.05. The zero-order chi connectivity index (χ0) is 15.0. The molecule has 2 aromatic rings. The van der Waals surface area contributed by atoms with Gasteiger partial charge in [0.2, 0.25) is 17.6 Å². The lowest BCUT2D eigenvalue weighted by molar-refractivity contribution is -0.121. The van der Waals surface area contributed by atoms with E-state index in [2.05, 4.69) is 9.36 Å². The SMILES string of the molecule is Cc1nsc(C(=O)c2ccc(N3C(=O)CCC3=O)cc2)n1. The van der Waals surface area contributed by atoms with Gasteiger partial charge < -0.3 is 0 Å². The fraction of sp³-hybridized carbons (Fsp3) is 0.214. The summed E-state index contributed by atoms with van der Waals surface area (Å²) in [5.74, 6) is -0.0721. The first-order chi connectivity index (χ1) is 10.1. The Bertz CT molecular complexity index is 720. The number of hydrogen-bond acceptors (Lipinski definition) is 6. The van der Waals surface area contributed by atoms with Crippen LogP contribution in [0.15, 0.2) is 24.3 Å². The summed E-state index contributed by atoms with van der Waals surface area (Å²) in [5.41, 5.74) is 0.946. The number of carbonyl (C=O) groups excluding carboxylic acids is 3. The van der Waals surface area contributed by atoms with Crippen LogP contribution in [-0.2, 0) is 9.59 Å². The smallest absolute Gasteiger partial charge is 0.234 e. The van der Waals surface area contributed by atoms with E-state index in [4.69, 9.17) is 0 Å². The predicted molar refractivity (Wildman–Crippen MR) is 76.2 cm³/mol. The molecule has 2 heterocycles. The standard InChI is InChI=1S/C14H11N3O3S/c1-8-15-14(21-16-8)13(20)9-2-4-10(5-3-9)17-11(18)6-7-12(17)19/h2-5H,6-7H2,1H3. The minimum Gasteiger partial charge on any atom is -0.286 e. The van der Waals surface area contributed by atoms with E-state index in [0.717, 1.165) is 16.4 Å². The Kier molecular flexibility index (Phi) is 3.34. The van der Waals surface area contributed by atoms with Gasteiger partial charge in [0.25, 0.3) is 0 Å². The van der Waals surface area contributed by atoms with Gasteiger partial charge in [-0.3, -0.25) is 19.3 Å². The molecule has 1 saturated heterocycles. The van der Waals surface area contributed by atoms with Crippen molar-refractivity contribution in [3.05, 3.63) is 40.7 Å². The molecule has 0 radical (unpaired) electrons. The van der Waals surface area contributed by atoms with Gasteiger partial charge in [-0.15, -0.1) is 0 Å². The normalized spacial score (nSPS) is 14.8. The van der Waals surface area contributed by atoms with Gasteiger partial charge in [0.15, 0.2) is 5.01 Å². The number of aromatic nitrogens is 2. The molecule has 1 aliphatic heterocycles. The van der Waals surface area contributed by atoms with E-state index in [1.54, 1.807) is 31.2 Å². The third-order valence-electron chi connectivity index (χ3n) is 3.16. The number of aryl methyl sites for hydroxylation is 1. The highest BCUT2D eigenvalue weighted by Crippen LogP contribution is 2.23. The van der Waals surface area contributed by atoms with Gasteiger partial charge in [0.05, 0.1) is 5.69 Å². The second-order valence-electron chi connectivity index (χ2n) is 4.65. The summed E-state index contributed by atoms with van der Waals surface area (Å²) in [5, 5.41) is 0.327. The van der Waals surface area contributed by atoms with Gasteiger partial charge in [-0.25, -0.2) is 4.98 Å². The van der Waals surface area contributed by atoms with Crippen LogP contribution in [0, 0.1) is 6.92 Å². The Morgan fingerprint density at radius 2 is 1.76 bits per heavy atom. The lowest BCUT2D eigenvalue weighted by atomic mass is 10.1. The van der Waals surface area contributed by atoms with Crippen molar-refractivity contribution in [2.24, 2.45) is 0 Å². The number of carbonyl (C=O) groups is 3. The van der Waals surface area contributed by atoms with E-state index in [-0.39, 0.29) is 30.4 Å². The molecule has 0 unspecified atom stereocenters. The van der Waals surface area contributed by atoms with Crippen molar-refractivity contribution < 1.29 is 14.4 Å². The molecule has 0 atom stereocenters. The molecule has 0 spiro atoms. The lowest BCUT2D eigenvalue weighted by Crippen LogP contribution is -2.28. The van der Waals surface area contributed by atoms with Crippen LogP contribution in [-0.4, -0.2) is 27.0 Å². The molecule has 0 aliphatic carbocycles. The lowest BCUT2D eigenvalue weighted by Gasteiger charge is -2.13. The van der Waals surface area contributed by atoms with Crippen LogP contribution in [0.3, 0.4) is 0 Å². The van der Waals surface area contributed by atoms with Crippen molar-refractivity contribution >= 4 is 34.8 Å². The molecule has 1 aliphatic rings. The maximum Gasteiger partial charge on any atom is 0.234 e. The molecule has 2 amide bonds. The van der Waals surface area contributed by atoms with Crippen LogP contribution in [0.5, 0.6) is 0 Å². The Labute approximate surface area is 124 Å². The van der Waals surface area contributed by atoms with Crippen LogP contribution in [0.25, 0.3) is 0 Å². The highest BCUT2D eigenvalue weighted by Gasteiger charge is 2.30. The van der Waals surface area contributed by atoms with E-state index in [1.807, 2.05) is 0 Å². The summed E-state index contributed by atoms with van der Waals surface area (Å²) in [6, 6.07) is 6.38. The molecule has 6 nitrogen and oxygen atoms in total. The number of nitrogens with zero attached hydrogens (tertiary/aromatic N) is 3. The van der Waals surface area contributed by atoms with Crippen LogP contribution >= 0.6 is 11.5 Å². The summed E-state index contributed by atoms with van der Waals surface area (Å²) in [4.78, 5) is 40.7. The average molecular weight is 301 g/mol. The minimum atomic E-state index is -0.216. The van der Waals surface area contributed by atoms with Crippen molar-refractivity contribution in [3.8, 4) is 0 Å². The molecule has 3 rings (SSSR count). The fourth-order valence-corrected chi connectivity index (χ4v) is 2.77. The summed E-state index contributed by atoms with van der Waals surface area (Å²) < 4.78 is 3.98. The van der Waals surface area contributed by atoms with E-state index in [1.165, 1.54) is 0 Å². The van der Waals surface area contributed by atoms with Crippen LogP contribution in [0.1, 0.15) is 34.0 Å². The number of hydrogen-bond donors (Lipinski definition) is 0. The van der Waals surface area contributed by atoms with E-state index in [9.17, 15) is 14.4 Å². The minimum absolute atomic E-state index is 0.209. The molecule has 106 valence electrons. The van der Waals surface area contributed by atoms with Gasteiger partial charge in [-0.05, 0) is 42.7 Å². The molecule has 7 heteroatoms. The van der Waals surface area contributed by atoms with E-state index < -0.39 is 0 Å². The molecule has 1 aromatic heterocycles. The van der Waals surface area contributed by atoms with E-state index >= 15 is 0 Å². The molecule has 1 fully saturated rings. The Hall–Kier alpha value is -2.41. The number of anilines is 1. The fourth-order valence-electron chi connectivity index (χ4n) is 2.14. The highest BCUT2D eigenvalue weighted by molar-refractivity contribution is 7.07. The highest BCUT2D eigenvalue weighted by atomic mass is 32.1. The monoisotopic (exact) mass is 301 g/mol. The third-order valence-corrected chi connectivity index (χ3v) is 3.97. The second kappa shape index (κ2) is 5.17. The molecule has 0 N–H and O–H groups in total. The summed E-state index contributed by atoms with van der Waals surface area (Å²) in [7, 11) is 0. The Morgan fingerprint density at radius 1 is 1.14 bits per heavy atom. The molecule has 1 aromatic carbocycles. The van der Waals surface area contributed by atoms with Crippen LogP contribution in [0.4, 0.5) is 5.69 Å². The predicted octanol–water partition coefficient (Wildman–Crippen LogP) is 1.73. The molecule has 21 heavy (non-hydrogen) atoms. The topological polar surface area (TPSA) is 80.2 Å². The quantitative estimate of drug-likeness (QED) is 0.637. The molecular formula is C14H11N3O3S. The third kappa shape index (κ3) is 2.47. The number of ketones is 1. The van der Waals surface area contributed by atoms with Crippen molar-refractivity contribution in [1.29, 1.82) is 0 Å². The molecule has 0 bridgehead atoms. The largest absolute Gasteiger partial charge is 0.286 e. The summed E-state index contributed by atoms with van der Waals surface area (Å²) in [6.07, 6.45) is 0.479. The van der Waals surface area contributed by atoms with E-state index in [0.29, 0.717) is 22.1 Å². The molecule has 0 saturated carbocycles. The average Bonchev–Trinajstić information content (AvgIpc) is 3.05. The van der Waals surface area contributed by atoms with Crippen molar-refractivity contribution in [2.45, 2.75) is 19.8 Å². The maximum atomic E-state index is 12.2. The molecular weight excluding hydrogens is 290 g/mol. The number of rotatable bonds is 3. The summed E-state index contributed by atoms with van der Waals surface area (Å²) in [6.45, 7) is 1.72. The zero-order valence-electron chi connectivity index (χ0n) is 11.2. The van der Waals surface area contributed by atoms with Crippen LogP contribution < -0.4 is 4.90 Å². The van der Waals surface area contributed by atoms with Gasteiger partial charge in [0, 0.05) is 18.4 Å². The first-order valence-corrected chi connectivity index (χ1v) is 7.14. The number of benzene rings is 1. The Morgan fingerprint density at radius 3 is 2.29 bits per heavy atom. The number of imide groups is 1. The Balaban J connectivity index is 1.86. The second-order valence-corrected chi connectivity index (χ2v) is 5.40. The van der Waals surface area contributed by atoms with Gasteiger partial charge in [-0.1, -0.05) is 0 Å². The first kappa shape index (κ1) is 13.6. The first-order valence-electron chi connectivity index (χ1n) is 6.37. The van der Waals surface area contributed by atoms with Gasteiger partial charge in [0.1, 0.15) is 5.82 Å².